The van der Waals surface area contributed by atoms with Gasteiger partial charge in [0.05, 0.1) is 13.0 Å². The van der Waals surface area contributed by atoms with Crippen LogP contribution < -0.4 is 10.5 Å². The van der Waals surface area contributed by atoms with Crippen LogP contribution in [0.1, 0.15) is 6.42 Å². The number of nitrogens with zero attached hydrogens (tertiary/aromatic N) is 1. The van der Waals surface area contributed by atoms with Crippen molar-refractivity contribution in [1.29, 1.82) is 0 Å². The molecular weight excluding hydrogens is 264 g/mol. The van der Waals surface area contributed by atoms with Crippen molar-refractivity contribution in [3.05, 3.63) is 24.3 Å². The van der Waals surface area contributed by atoms with Crippen molar-refractivity contribution in [1.82, 2.24) is 4.90 Å². The van der Waals surface area contributed by atoms with E-state index in [2.05, 4.69) is 0 Å². The number of nitrogen functional groups attached to an aromatic ring is 1. The first-order chi connectivity index (χ1) is 9.15. The van der Waals surface area contributed by atoms with E-state index in [1.54, 1.807) is 29.2 Å². The van der Waals surface area contributed by atoms with Crippen LogP contribution >= 0.6 is 0 Å². The van der Waals surface area contributed by atoms with Crippen LogP contribution in [0, 0.1) is 0 Å². The van der Waals surface area contributed by atoms with Crippen molar-refractivity contribution in [2.45, 2.75) is 6.42 Å². The van der Waals surface area contributed by atoms with Crippen LogP contribution in [0.15, 0.2) is 24.3 Å². The Morgan fingerprint density at radius 3 is 2.53 bits per heavy atom. The van der Waals surface area contributed by atoms with Gasteiger partial charge in [0.1, 0.15) is 5.75 Å². The summed E-state index contributed by atoms with van der Waals surface area (Å²) >= 11 is 0. The molecule has 2 rings (SSSR count). The zero-order valence-electron chi connectivity index (χ0n) is 10.7. The summed E-state index contributed by atoms with van der Waals surface area (Å²) in [5, 5.41) is 0. The van der Waals surface area contributed by atoms with E-state index in [-0.39, 0.29) is 5.91 Å². The molecule has 5 nitrogen and oxygen atoms in total. The Labute approximate surface area is 115 Å². The molecule has 0 aliphatic carbocycles. The lowest BCUT2D eigenvalue weighted by molar-refractivity contribution is -0.131. The third kappa shape index (κ3) is 4.24. The fourth-order valence-corrected chi connectivity index (χ4v) is 2.92. The van der Waals surface area contributed by atoms with Gasteiger partial charge in [-0.2, -0.15) is 0 Å². The smallest absolute Gasteiger partial charge is 0.226 e. The predicted molar refractivity (Wildman–Crippen MR) is 75.4 cm³/mol. The van der Waals surface area contributed by atoms with Crippen LogP contribution in [-0.4, -0.2) is 46.2 Å². The Morgan fingerprint density at radius 2 is 1.89 bits per heavy atom. The van der Waals surface area contributed by atoms with E-state index in [1.807, 2.05) is 0 Å². The maximum Gasteiger partial charge on any atom is 0.226 e. The number of rotatable bonds is 4. The summed E-state index contributed by atoms with van der Waals surface area (Å²) < 4.78 is 16.7. The fourth-order valence-electron chi connectivity index (χ4n) is 1.87. The molecule has 1 fully saturated rings. The molecule has 1 aliphatic rings. The van der Waals surface area contributed by atoms with Crippen molar-refractivity contribution in [3.63, 3.8) is 0 Å². The second kappa shape index (κ2) is 6.56. The second-order valence-corrected chi connectivity index (χ2v) is 6.09. The monoisotopic (exact) mass is 282 g/mol. The number of anilines is 1. The summed E-state index contributed by atoms with van der Waals surface area (Å²) in [5.74, 6) is 1.95. The van der Waals surface area contributed by atoms with Crippen molar-refractivity contribution in [2.24, 2.45) is 0 Å². The van der Waals surface area contributed by atoms with Gasteiger partial charge in [0.2, 0.25) is 5.91 Å². The first-order valence-electron chi connectivity index (χ1n) is 6.26. The largest absolute Gasteiger partial charge is 0.493 e. The minimum atomic E-state index is -0.752. The summed E-state index contributed by atoms with van der Waals surface area (Å²) in [6.45, 7) is 1.53. The molecule has 0 spiro atoms. The van der Waals surface area contributed by atoms with E-state index in [1.165, 1.54) is 0 Å². The second-order valence-electron chi connectivity index (χ2n) is 4.40. The summed E-state index contributed by atoms with van der Waals surface area (Å²) in [4.78, 5) is 13.6. The molecule has 2 N–H and O–H groups in total. The zero-order chi connectivity index (χ0) is 13.7. The molecule has 0 saturated carbocycles. The minimum Gasteiger partial charge on any atom is -0.493 e. The molecule has 104 valence electrons. The van der Waals surface area contributed by atoms with Crippen LogP contribution in [0.5, 0.6) is 5.75 Å². The Bertz CT molecular complexity index is 451. The van der Waals surface area contributed by atoms with Crippen molar-refractivity contribution >= 4 is 22.4 Å². The lowest BCUT2D eigenvalue weighted by atomic mass is 10.3. The van der Waals surface area contributed by atoms with Gasteiger partial charge in [0.15, 0.2) is 0 Å². The first-order valence-corrected chi connectivity index (χ1v) is 7.75. The average molecular weight is 282 g/mol. The van der Waals surface area contributed by atoms with Crippen molar-refractivity contribution < 1.29 is 13.7 Å². The molecule has 1 aromatic rings. The Hall–Kier alpha value is -1.56. The maximum absolute atomic E-state index is 11.9. The van der Waals surface area contributed by atoms with E-state index >= 15 is 0 Å². The van der Waals surface area contributed by atoms with Gasteiger partial charge in [-0.15, -0.1) is 0 Å². The molecule has 6 heteroatoms. The molecule has 0 radical (unpaired) electrons. The Balaban J connectivity index is 1.72. The highest BCUT2D eigenvalue weighted by molar-refractivity contribution is 7.85. The van der Waals surface area contributed by atoms with Crippen LogP contribution in [0.25, 0.3) is 0 Å². The van der Waals surface area contributed by atoms with Gasteiger partial charge in [0, 0.05) is 41.1 Å². The molecule has 1 saturated heterocycles. The molecule has 0 atom stereocenters. The molecule has 0 aromatic heterocycles. The number of ether oxygens (including phenoxy) is 1. The van der Waals surface area contributed by atoms with Crippen molar-refractivity contribution in [3.8, 4) is 5.75 Å². The van der Waals surface area contributed by atoms with Crippen LogP contribution in [0.4, 0.5) is 5.69 Å². The van der Waals surface area contributed by atoms with Gasteiger partial charge >= 0.3 is 0 Å². The Kier molecular flexibility index (Phi) is 4.79. The lowest BCUT2D eigenvalue weighted by Gasteiger charge is -2.26. The quantitative estimate of drug-likeness (QED) is 0.822. The highest BCUT2D eigenvalue weighted by Gasteiger charge is 2.19. The number of benzene rings is 1. The third-order valence-electron chi connectivity index (χ3n) is 3.00. The molecule has 1 aliphatic heterocycles. The SMILES string of the molecule is Nc1ccc(OCCC(=O)N2CCS(=O)CC2)cc1. The minimum absolute atomic E-state index is 0.0622. The highest BCUT2D eigenvalue weighted by Crippen LogP contribution is 2.13. The van der Waals surface area contributed by atoms with E-state index in [4.69, 9.17) is 10.5 Å². The van der Waals surface area contributed by atoms with E-state index in [0.29, 0.717) is 49.1 Å². The molecular formula is C13H18N2O3S. The molecule has 19 heavy (non-hydrogen) atoms. The molecule has 0 bridgehead atoms. The number of carbonyl (C=O) groups is 1. The number of nitrogens with two attached hydrogens (primary N) is 1. The summed E-state index contributed by atoms with van der Waals surface area (Å²) in [6.07, 6.45) is 0.344. The summed E-state index contributed by atoms with van der Waals surface area (Å²) in [5.41, 5.74) is 6.26. The van der Waals surface area contributed by atoms with Crippen LogP contribution in [0.2, 0.25) is 0 Å². The highest BCUT2D eigenvalue weighted by atomic mass is 32.2. The molecule has 0 unspecified atom stereocenters. The van der Waals surface area contributed by atoms with Gasteiger partial charge in [-0.1, -0.05) is 0 Å². The summed E-state index contributed by atoms with van der Waals surface area (Å²) in [6, 6.07) is 7.09. The van der Waals surface area contributed by atoms with E-state index in [0.717, 1.165) is 0 Å². The standard InChI is InChI=1S/C13H18N2O3S/c14-11-1-3-12(4-2-11)18-8-5-13(16)15-6-9-19(17)10-7-15/h1-4H,5-10,14H2. The molecule has 1 aromatic carbocycles. The number of hydrogen-bond donors (Lipinski definition) is 1. The lowest BCUT2D eigenvalue weighted by Crippen LogP contribution is -2.42. The maximum atomic E-state index is 11.9. The summed E-state index contributed by atoms with van der Waals surface area (Å²) in [7, 11) is -0.752. The number of hydrogen-bond acceptors (Lipinski definition) is 4. The normalized spacial score (nSPS) is 16.3. The third-order valence-corrected chi connectivity index (χ3v) is 4.27. The number of carbonyl (C=O) groups excluding carboxylic acids is 1. The fraction of sp³-hybridized carbons (Fsp3) is 0.462. The van der Waals surface area contributed by atoms with E-state index in [9.17, 15) is 9.00 Å². The van der Waals surface area contributed by atoms with Gasteiger partial charge in [-0.3, -0.25) is 9.00 Å². The molecule has 1 amide bonds. The van der Waals surface area contributed by atoms with Gasteiger partial charge in [-0.05, 0) is 24.3 Å². The van der Waals surface area contributed by atoms with Gasteiger partial charge in [-0.25, -0.2) is 0 Å². The van der Waals surface area contributed by atoms with Gasteiger partial charge < -0.3 is 15.4 Å². The van der Waals surface area contributed by atoms with Crippen LogP contribution in [-0.2, 0) is 15.6 Å². The van der Waals surface area contributed by atoms with Crippen molar-refractivity contribution in [2.75, 3.05) is 36.9 Å². The zero-order valence-corrected chi connectivity index (χ0v) is 11.5. The topological polar surface area (TPSA) is 72.6 Å². The van der Waals surface area contributed by atoms with Gasteiger partial charge in [0.25, 0.3) is 0 Å². The first kappa shape index (κ1) is 13.9. The average Bonchev–Trinajstić information content (AvgIpc) is 2.41. The predicted octanol–water partition coefficient (Wildman–Crippen LogP) is 0.629. The number of amides is 1. The molecule has 1 heterocycles. The Morgan fingerprint density at radius 1 is 1.26 bits per heavy atom. The van der Waals surface area contributed by atoms with Crippen LogP contribution in [0.3, 0.4) is 0 Å². The van der Waals surface area contributed by atoms with E-state index < -0.39 is 10.8 Å².